The van der Waals surface area contributed by atoms with Crippen molar-refractivity contribution in [3.63, 3.8) is 0 Å². The summed E-state index contributed by atoms with van der Waals surface area (Å²) < 4.78 is 5.80. The number of benzene rings is 2. The Morgan fingerprint density at radius 2 is 1.53 bits per heavy atom. The fraction of sp³-hybridized carbons (Fsp3) is 0.500. The van der Waals surface area contributed by atoms with Crippen LogP contribution < -0.4 is 4.74 Å². The van der Waals surface area contributed by atoms with Crippen LogP contribution in [0.5, 0.6) is 5.75 Å². The van der Waals surface area contributed by atoms with E-state index in [1.54, 1.807) is 0 Å². The molecule has 4 heteroatoms. The molecular formula is C26H34N2O2. The minimum absolute atomic E-state index is 0.285. The van der Waals surface area contributed by atoms with Gasteiger partial charge in [-0.25, -0.2) is 0 Å². The molecule has 30 heavy (non-hydrogen) atoms. The topological polar surface area (TPSA) is 32.8 Å². The van der Waals surface area contributed by atoms with Gasteiger partial charge in [-0.05, 0) is 68.8 Å². The summed E-state index contributed by atoms with van der Waals surface area (Å²) in [7, 11) is 0. The predicted molar refractivity (Wildman–Crippen MR) is 121 cm³/mol. The number of rotatable bonds is 7. The van der Waals surface area contributed by atoms with Gasteiger partial charge in [0, 0.05) is 19.0 Å². The van der Waals surface area contributed by atoms with E-state index in [2.05, 4.69) is 35.2 Å². The maximum Gasteiger partial charge on any atom is 0.222 e. The van der Waals surface area contributed by atoms with Crippen LogP contribution in [0.25, 0.3) is 0 Å². The minimum Gasteiger partial charge on any atom is -0.492 e. The molecule has 160 valence electrons. The second-order valence-corrected chi connectivity index (χ2v) is 8.69. The van der Waals surface area contributed by atoms with Crippen molar-refractivity contribution in [2.24, 2.45) is 5.92 Å². The van der Waals surface area contributed by atoms with E-state index >= 15 is 0 Å². The molecular weight excluding hydrogens is 372 g/mol. The van der Waals surface area contributed by atoms with Gasteiger partial charge in [-0.2, -0.15) is 0 Å². The molecule has 2 fully saturated rings. The van der Waals surface area contributed by atoms with Crippen molar-refractivity contribution in [2.75, 3.05) is 32.8 Å². The van der Waals surface area contributed by atoms with Crippen molar-refractivity contribution >= 4 is 5.91 Å². The highest BCUT2D eigenvalue weighted by atomic mass is 16.5. The number of carbonyl (C=O) groups excluding carboxylic acids is 1. The van der Waals surface area contributed by atoms with E-state index in [0.29, 0.717) is 25.6 Å². The van der Waals surface area contributed by atoms with Crippen molar-refractivity contribution < 1.29 is 9.53 Å². The molecule has 0 spiro atoms. The van der Waals surface area contributed by atoms with E-state index in [4.69, 9.17) is 4.74 Å². The summed E-state index contributed by atoms with van der Waals surface area (Å²) in [6.45, 7) is 4.44. The Hall–Kier alpha value is -2.33. The van der Waals surface area contributed by atoms with E-state index in [-0.39, 0.29) is 5.91 Å². The first kappa shape index (κ1) is 20.9. The summed E-state index contributed by atoms with van der Waals surface area (Å²) in [6.07, 6.45) is 6.49. The number of ether oxygens (including phenoxy) is 1. The fourth-order valence-electron chi connectivity index (χ4n) is 4.88. The zero-order valence-electron chi connectivity index (χ0n) is 17.9. The first-order valence-electron chi connectivity index (χ1n) is 11.5. The second kappa shape index (κ2) is 10.6. The molecule has 1 unspecified atom stereocenters. The van der Waals surface area contributed by atoms with Crippen LogP contribution in [-0.4, -0.2) is 54.5 Å². The SMILES string of the molecule is O=C1CCC(N2CCC(Cc3ccccc3)CC2)CCN1CCOc1ccccc1. The first-order chi connectivity index (χ1) is 14.8. The molecule has 1 atom stereocenters. The molecule has 0 saturated carbocycles. The first-order valence-corrected chi connectivity index (χ1v) is 11.5. The number of nitrogens with zero attached hydrogens (tertiary/aromatic N) is 2. The zero-order valence-corrected chi connectivity index (χ0v) is 17.9. The maximum absolute atomic E-state index is 12.6. The van der Waals surface area contributed by atoms with Crippen molar-refractivity contribution in [3.05, 3.63) is 66.2 Å². The van der Waals surface area contributed by atoms with E-state index in [1.165, 1.54) is 37.9 Å². The molecule has 2 heterocycles. The van der Waals surface area contributed by atoms with Crippen molar-refractivity contribution in [2.45, 2.75) is 44.6 Å². The van der Waals surface area contributed by atoms with E-state index in [0.717, 1.165) is 31.1 Å². The van der Waals surface area contributed by atoms with Gasteiger partial charge >= 0.3 is 0 Å². The molecule has 2 aromatic carbocycles. The van der Waals surface area contributed by atoms with Crippen LogP contribution in [-0.2, 0) is 11.2 Å². The van der Waals surface area contributed by atoms with Crippen LogP contribution >= 0.6 is 0 Å². The maximum atomic E-state index is 12.6. The molecule has 4 nitrogen and oxygen atoms in total. The molecule has 0 aliphatic carbocycles. The molecule has 0 aromatic heterocycles. The lowest BCUT2D eigenvalue weighted by atomic mass is 9.89. The predicted octanol–water partition coefficient (Wildman–Crippen LogP) is 4.40. The molecule has 2 aliphatic rings. The molecule has 0 bridgehead atoms. The molecule has 4 rings (SSSR count). The highest BCUT2D eigenvalue weighted by molar-refractivity contribution is 5.76. The number of carbonyl (C=O) groups is 1. The normalized spacial score (nSPS) is 21.4. The summed E-state index contributed by atoms with van der Waals surface area (Å²) in [5.41, 5.74) is 1.46. The third kappa shape index (κ3) is 5.85. The van der Waals surface area contributed by atoms with Crippen molar-refractivity contribution in [3.8, 4) is 5.75 Å². The lowest BCUT2D eigenvalue weighted by Gasteiger charge is -2.37. The van der Waals surface area contributed by atoms with Gasteiger partial charge < -0.3 is 14.5 Å². The number of piperidine rings is 1. The highest BCUT2D eigenvalue weighted by Gasteiger charge is 2.29. The summed E-state index contributed by atoms with van der Waals surface area (Å²) >= 11 is 0. The lowest BCUT2D eigenvalue weighted by Crippen LogP contribution is -2.42. The van der Waals surface area contributed by atoms with Crippen LogP contribution in [0.2, 0.25) is 0 Å². The van der Waals surface area contributed by atoms with Gasteiger partial charge in [-0.3, -0.25) is 4.79 Å². The Morgan fingerprint density at radius 3 is 2.27 bits per heavy atom. The molecule has 0 radical (unpaired) electrons. The van der Waals surface area contributed by atoms with Gasteiger partial charge in [0.05, 0.1) is 6.54 Å². The number of hydrogen-bond donors (Lipinski definition) is 0. The largest absolute Gasteiger partial charge is 0.492 e. The van der Waals surface area contributed by atoms with Gasteiger partial charge in [0.2, 0.25) is 5.91 Å². The third-order valence-corrected chi connectivity index (χ3v) is 6.68. The molecule has 0 N–H and O–H groups in total. The lowest BCUT2D eigenvalue weighted by molar-refractivity contribution is -0.131. The average Bonchev–Trinajstić information content (AvgIpc) is 2.98. The van der Waals surface area contributed by atoms with Crippen LogP contribution in [0.15, 0.2) is 60.7 Å². The fourth-order valence-corrected chi connectivity index (χ4v) is 4.88. The second-order valence-electron chi connectivity index (χ2n) is 8.69. The van der Waals surface area contributed by atoms with Crippen LogP contribution in [0.4, 0.5) is 0 Å². The summed E-state index contributed by atoms with van der Waals surface area (Å²) in [6, 6.07) is 21.3. The van der Waals surface area contributed by atoms with Crippen molar-refractivity contribution in [1.29, 1.82) is 0 Å². The monoisotopic (exact) mass is 406 g/mol. The number of hydrogen-bond acceptors (Lipinski definition) is 3. The number of amides is 1. The summed E-state index contributed by atoms with van der Waals surface area (Å²) in [4.78, 5) is 17.2. The van der Waals surface area contributed by atoms with Crippen LogP contribution in [0, 0.1) is 5.92 Å². The Kier molecular flexibility index (Phi) is 7.41. The quantitative estimate of drug-likeness (QED) is 0.683. The Labute approximate surface area is 180 Å². The number of likely N-dealkylation sites (tertiary alicyclic amines) is 2. The van der Waals surface area contributed by atoms with Gasteiger partial charge in [-0.15, -0.1) is 0 Å². The number of para-hydroxylation sites is 1. The summed E-state index contributed by atoms with van der Waals surface area (Å²) in [5.74, 6) is 1.95. The van der Waals surface area contributed by atoms with Crippen molar-refractivity contribution in [1.82, 2.24) is 9.80 Å². The minimum atomic E-state index is 0.285. The summed E-state index contributed by atoms with van der Waals surface area (Å²) in [5, 5.41) is 0. The standard InChI is InChI=1S/C26H34N2O2/c29-26-12-11-24(15-18-28(26)19-20-30-25-9-5-2-6-10-25)27-16-13-23(14-17-27)21-22-7-3-1-4-8-22/h1-10,23-24H,11-21H2. The Bertz CT molecular complexity index is 772. The van der Waals surface area contributed by atoms with Gasteiger partial charge in [0.25, 0.3) is 0 Å². The van der Waals surface area contributed by atoms with Crippen LogP contribution in [0.1, 0.15) is 37.7 Å². The van der Waals surface area contributed by atoms with Gasteiger partial charge in [0.15, 0.2) is 0 Å². The molecule has 1 amide bonds. The molecule has 2 aliphatic heterocycles. The Morgan fingerprint density at radius 1 is 0.833 bits per heavy atom. The van der Waals surface area contributed by atoms with E-state index in [9.17, 15) is 4.79 Å². The van der Waals surface area contributed by atoms with E-state index < -0.39 is 0 Å². The van der Waals surface area contributed by atoms with Gasteiger partial charge in [-0.1, -0.05) is 48.5 Å². The van der Waals surface area contributed by atoms with Crippen LogP contribution in [0.3, 0.4) is 0 Å². The zero-order chi connectivity index (χ0) is 20.6. The Balaban J connectivity index is 1.20. The molecule has 2 aromatic rings. The van der Waals surface area contributed by atoms with Gasteiger partial charge in [0.1, 0.15) is 12.4 Å². The smallest absolute Gasteiger partial charge is 0.222 e. The molecule has 2 saturated heterocycles. The average molecular weight is 407 g/mol. The highest BCUT2D eigenvalue weighted by Crippen LogP contribution is 2.26. The third-order valence-electron chi connectivity index (χ3n) is 6.68. The van der Waals surface area contributed by atoms with E-state index in [1.807, 2.05) is 35.2 Å².